The molecule has 0 aromatic heterocycles. The smallest absolute Gasteiger partial charge is 0.139 e. The van der Waals surface area contributed by atoms with Crippen molar-refractivity contribution >= 4 is 0 Å². The lowest BCUT2D eigenvalue weighted by Crippen LogP contribution is -2.46. The fraction of sp³-hybridized carbons (Fsp3) is 0.667. The second-order valence-corrected chi connectivity index (χ2v) is 4.27. The second-order valence-electron chi connectivity index (χ2n) is 4.27. The van der Waals surface area contributed by atoms with E-state index in [0.717, 1.165) is 6.42 Å². The molecule has 0 aromatic rings. The molecule has 1 aliphatic carbocycles. The van der Waals surface area contributed by atoms with E-state index in [9.17, 15) is 0 Å². The summed E-state index contributed by atoms with van der Waals surface area (Å²) < 4.78 is 16.6. The van der Waals surface area contributed by atoms with Gasteiger partial charge in [-0.15, -0.1) is 0 Å². The van der Waals surface area contributed by atoms with Crippen LogP contribution >= 0.6 is 0 Å². The summed E-state index contributed by atoms with van der Waals surface area (Å²) in [6, 6.07) is 0. The van der Waals surface area contributed by atoms with Crippen LogP contribution in [0.3, 0.4) is 0 Å². The normalized spacial score (nSPS) is 31.2. The van der Waals surface area contributed by atoms with Gasteiger partial charge in [0.1, 0.15) is 18.8 Å². The Morgan fingerprint density at radius 1 is 1.20 bits per heavy atom. The van der Waals surface area contributed by atoms with Gasteiger partial charge >= 0.3 is 0 Å². The third kappa shape index (κ3) is 1.88. The molecule has 1 heterocycles. The van der Waals surface area contributed by atoms with E-state index >= 15 is 0 Å². The SMILES string of the molecule is C=COCC1(COC=C)OC2CCC1C2. The first-order valence-electron chi connectivity index (χ1n) is 5.43. The first-order valence-corrected chi connectivity index (χ1v) is 5.43. The summed E-state index contributed by atoms with van der Waals surface area (Å²) in [5.41, 5.74) is -0.273. The molecule has 0 amide bonds. The average molecular weight is 210 g/mol. The van der Waals surface area contributed by atoms with E-state index in [4.69, 9.17) is 14.2 Å². The van der Waals surface area contributed by atoms with Crippen LogP contribution < -0.4 is 0 Å². The maximum atomic E-state index is 6.01. The van der Waals surface area contributed by atoms with Crippen LogP contribution in [0.15, 0.2) is 25.7 Å². The van der Waals surface area contributed by atoms with Gasteiger partial charge in [0, 0.05) is 0 Å². The lowest BCUT2D eigenvalue weighted by atomic mass is 9.88. The Kier molecular flexibility index (Phi) is 3.00. The molecule has 3 heteroatoms. The third-order valence-electron chi connectivity index (χ3n) is 3.42. The molecule has 2 fully saturated rings. The summed E-state index contributed by atoms with van der Waals surface area (Å²) in [6.45, 7) is 8.18. The highest BCUT2D eigenvalue weighted by atomic mass is 16.6. The quantitative estimate of drug-likeness (QED) is 0.629. The number of hydrogen-bond donors (Lipinski definition) is 0. The van der Waals surface area contributed by atoms with Gasteiger partial charge in [-0.25, -0.2) is 0 Å². The Morgan fingerprint density at radius 3 is 2.27 bits per heavy atom. The standard InChI is InChI=1S/C12H18O3/c1-3-13-8-12(9-14-4-2)10-5-6-11(7-10)15-12/h3-4,10-11H,1-2,5-9H2. The maximum Gasteiger partial charge on any atom is 0.139 e. The minimum absolute atomic E-state index is 0.273. The maximum absolute atomic E-state index is 6.01. The van der Waals surface area contributed by atoms with Crippen molar-refractivity contribution in [2.45, 2.75) is 31.0 Å². The van der Waals surface area contributed by atoms with Gasteiger partial charge in [0.15, 0.2) is 0 Å². The van der Waals surface area contributed by atoms with Gasteiger partial charge in [0.05, 0.1) is 18.6 Å². The molecule has 2 atom stereocenters. The van der Waals surface area contributed by atoms with Crippen LogP contribution in [-0.4, -0.2) is 24.9 Å². The number of ether oxygens (including phenoxy) is 3. The molecule has 2 unspecified atom stereocenters. The molecule has 0 N–H and O–H groups in total. The van der Waals surface area contributed by atoms with Crippen molar-refractivity contribution < 1.29 is 14.2 Å². The van der Waals surface area contributed by atoms with Crippen LogP contribution in [0, 0.1) is 5.92 Å². The average Bonchev–Trinajstić information content (AvgIpc) is 2.84. The van der Waals surface area contributed by atoms with Crippen LogP contribution in [0.25, 0.3) is 0 Å². The number of fused-ring (bicyclic) bond motifs is 2. The summed E-state index contributed by atoms with van der Waals surface area (Å²) in [6.07, 6.45) is 6.86. The largest absolute Gasteiger partial charge is 0.499 e. The van der Waals surface area contributed by atoms with Gasteiger partial charge in [-0.05, 0) is 25.2 Å². The van der Waals surface area contributed by atoms with Crippen molar-refractivity contribution in [1.82, 2.24) is 0 Å². The van der Waals surface area contributed by atoms with Crippen LogP contribution in [-0.2, 0) is 14.2 Å². The van der Waals surface area contributed by atoms with Gasteiger partial charge in [0.2, 0.25) is 0 Å². The van der Waals surface area contributed by atoms with Crippen molar-refractivity contribution in [3.63, 3.8) is 0 Å². The fourth-order valence-electron chi connectivity index (χ4n) is 2.70. The molecule has 15 heavy (non-hydrogen) atoms. The van der Waals surface area contributed by atoms with E-state index in [-0.39, 0.29) is 5.60 Å². The Balaban J connectivity index is 2.01. The number of hydrogen-bond acceptors (Lipinski definition) is 3. The Hall–Kier alpha value is -0.960. The molecular formula is C12H18O3. The minimum atomic E-state index is -0.273. The molecule has 84 valence electrons. The first kappa shape index (κ1) is 10.6. The minimum Gasteiger partial charge on any atom is -0.499 e. The van der Waals surface area contributed by atoms with E-state index in [1.54, 1.807) is 0 Å². The lowest BCUT2D eigenvalue weighted by Gasteiger charge is -2.35. The van der Waals surface area contributed by atoms with Crippen molar-refractivity contribution in [3.8, 4) is 0 Å². The van der Waals surface area contributed by atoms with Crippen LogP contribution in [0.5, 0.6) is 0 Å². The van der Waals surface area contributed by atoms with E-state index in [0.29, 0.717) is 25.2 Å². The molecule has 0 radical (unpaired) electrons. The molecular weight excluding hydrogens is 192 g/mol. The zero-order valence-corrected chi connectivity index (χ0v) is 8.98. The molecule has 3 nitrogen and oxygen atoms in total. The van der Waals surface area contributed by atoms with Crippen molar-refractivity contribution in [1.29, 1.82) is 0 Å². The summed E-state index contributed by atoms with van der Waals surface area (Å²) in [5.74, 6) is 0.558. The Bertz CT molecular complexity index is 237. The fourth-order valence-corrected chi connectivity index (χ4v) is 2.70. The summed E-state index contributed by atoms with van der Waals surface area (Å²) in [7, 11) is 0. The molecule has 2 bridgehead atoms. The molecule has 0 spiro atoms. The third-order valence-corrected chi connectivity index (χ3v) is 3.42. The predicted octanol–water partition coefficient (Wildman–Crippen LogP) is 2.24. The van der Waals surface area contributed by atoms with Gasteiger partial charge < -0.3 is 14.2 Å². The highest BCUT2D eigenvalue weighted by Crippen LogP contribution is 2.47. The molecule has 1 saturated carbocycles. The lowest BCUT2D eigenvalue weighted by molar-refractivity contribution is -0.141. The highest BCUT2D eigenvalue weighted by molar-refractivity contribution is 5.01. The monoisotopic (exact) mass is 210 g/mol. The second kappa shape index (κ2) is 4.27. The predicted molar refractivity (Wildman–Crippen MR) is 57.2 cm³/mol. The summed E-state index contributed by atoms with van der Waals surface area (Å²) in [5, 5.41) is 0. The Labute approximate surface area is 90.7 Å². The highest BCUT2D eigenvalue weighted by Gasteiger charge is 2.53. The van der Waals surface area contributed by atoms with Crippen LogP contribution in [0.2, 0.25) is 0 Å². The number of rotatable bonds is 6. The zero-order valence-electron chi connectivity index (χ0n) is 8.98. The van der Waals surface area contributed by atoms with Gasteiger partial charge in [-0.2, -0.15) is 0 Å². The molecule has 1 aliphatic heterocycles. The van der Waals surface area contributed by atoms with Gasteiger partial charge in [-0.3, -0.25) is 0 Å². The van der Waals surface area contributed by atoms with Crippen molar-refractivity contribution in [2.75, 3.05) is 13.2 Å². The summed E-state index contributed by atoms with van der Waals surface area (Å²) in [4.78, 5) is 0. The zero-order chi connectivity index (χ0) is 10.7. The topological polar surface area (TPSA) is 27.7 Å². The van der Waals surface area contributed by atoms with Crippen LogP contribution in [0.1, 0.15) is 19.3 Å². The van der Waals surface area contributed by atoms with E-state index in [2.05, 4.69) is 13.2 Å². The Morgan fingerprint density at radius 2 is 1.87 bits per heavy atom. The molecule has 2 rings (SSSR count). The first-order chi connectivity index (χ1) is 7.30. The van der Waals surface area contributed by atoms with Crippen molar-refractivity contribution in [2.24, 2.45) is 5.92 Å². The van der Waals surface area contributed by atoms with Crippen LogP contribution in [0.4, 0.5) is 0 Å². The van der Waals surface area contributed by atoms with Gasteiger partial charge in [0.25, 0.3) is 0 Å². The van der Waals surface area contributed by atoms with E-state index in [1.165, 1.54) is 25.4 Å². The van der Waals surface area contributed by atoms with E-state index < -0.39 is 0 Å². The van der Waals surface area contributed by atoms with Gasteiger partial charge in [-0.1, -0.05) is 13.2 Å². The molecule has 2 aliphatic rings. The van der Waals surface area contributed by atoms with E-state index in [1.807, 2.05) is 0 Å². The summed E-state index contributed by atoms with van der Waals surface area (Å²) >= 11 is 0. The molecule has 0 aromatic carbocycles. The van der Waals surface area contributed by atoms with Crippen molar-refractivity contribution in [3.05, 3.63) is 25.7 Å². The molecule has 1 saturated heterocycles.